The van der Waals surface area contributed by atoms with Crippen LogP contribution in [0.2, 0.25) is 0 Å². The van der Waals surface area contributed by atoms with Gasteiger partial charge in [-0.25, -0.2) is 4.79 Å². The van der Waals surface area contributed by atoms with Crippen LogP contribution in [-0.2, 0) is 0 Å². The third kappa shape index (κ3) is 1.98. The molecule has 1 aromatic carbocycles. The van der Waals surface area contributed by atoms with Crippen LogP contribution in [-0.4, -0.2) is 48.1 Å². The highest BCUT2D eigenvalue weighted by molar-refractivity contribution is 5.78. The van der Waals surface area contributed by atoms with Gasteiger partial charge in [0.25, 0.3) is 5.69 Å². The quantitative estimate of drug-likeness (QED) is 0.462. The number of anilines is 2. The van der Waals surface area contributed by atoms with Gasteiger partial charge in [-0.15, -0.1) is 0 Å². The molecular formula is C12H15N5O3. The molecule has 8 heteroatoms. The summed E-state index contributed by atoms with van der Waals surface area (Å²) in [5.74, 6) is 0. The first-order chi connectivity index (χ1) is 9.56. The Morgan fingerprint density at radius 1 is 1.40 bits per heavy atom. The molecule has 2 aliphatic heterocycles. The zero-order valence-corrected chi connectivity index (χ0v) is 10.8. The lowest BCUT2D eigenvalue weighted by Gasteiger charge is -2.38. The van der Waals surface area contributed by atoms with Crippen molar-refractivity contribution in [3.63, 3.8) is 0 Å². The molecular weight excluding hydrogens is 262 g/mol. The molecule has 2 saturated heterocycles. The fraction of sp³-hybridized carbons (Fsp3) is 0.417. The number of rotatable bonds is 2. The van der Waals surface area contributed by atoms with Crippen molar-refractivity contribution in [2.75, 3.05) is 36.8 Å². The largest absolute Gasteiger partial charge is 0.397 e. The summed E-state index contributed by atoms with van der Waals surface area (Å²) in [6.45, 7) is 2.61. The van der Waals surface area contributed by atoms with Crippen LogP contribution in [0.4, 0.5) is 21.9 Å². The number of nitro benzene ring substituents is 1. The van der Waals surface area contributed by atoms with Crippen LogP contribution in [0.25, 0.3) is 0 Å². The second kappa shape index (κ2) is 4.55. The maximum Gasteiger partial charge on any atom is 0.317 e. The van der Waals surface area contributed by atoms with Crippen molar-refractivity contribution in [1.29, 1.82) is 0 Å². The van der Waals surface area contributed by atoms with E-state index in [-0.39, 0.29) is 17.8 Å². The predicted molar refractivity (Wildman–Crippen MR) is 73.6 cm³/mol. The normalized spacial score (nSPS) is 21.6. The third-order valence-corrected chi connectivity index (χ3v) is 3.80. The number of nitrogens with zero attached hydrogens (tertiary/aromatic N) is 3. The fourth-order valence-electron chi connectivity index (χ4n) is 2.77. The number of nitrogens with two attached hydrogens (primary N) is 1. The number of nitrogens with one attached hydrogen (secondary N) is 1. The van der Waals surface area contributed by atoms with E-state index in [1.807, 2.05) is 4.90 Å². The van der Waals surface area contributed by atoms with Gasteiger partial charge in [-0.05, 0) is 6.07 Å². The maximum atomic E-state index is 11.5. The SMILES string of the molecule is Nc1cc([N+](=O)[O-])ccc1N1CCN2C(=O)NCC2C1. The molecule has 2 heterocycles. The first kappa shape index (κ1) is 12.5. The van der Waals surface area contributed by atoms with Gasteiger partial charge in [-0.1, -0.05) is 0 Å². The Kier molecular flexibility index (Phi) is 2.85. The molecule has 1 unspecified atom stereocenters. The van der Waals surface area contributed by atoms with Crippen molar-refractivity contribution in [3.8, 4) is 0 Å². The van der Waals surface area contributed by atoms with E-state index >= 15 is 0 Å². The molecule has 3 rings (SSSR count). The smallest absolute Gasteiger partial charge is 0.317 e. The zero-order valence-electron chi connectivity index (χ0n) is 10.8. The molecule has 0 saturated carbocycles. The van der Waals surface area contributed by atoms with E-state index in [0.29, 0.717) is 31.9 Å². The number of nitrogen functional groups attached to an aromatic ring is 1. The average Bonchev–Trinajstić information content (AvgIpc) is 2.79. The second-order valence-corrected chi connectivity index (χ2v) is 4.98. The monoisotopic (exact) mass is 277 g/mol. The lowest BCUT2D eigenvalue weighted by atomic mass is 10.1. The number of nitro groups is 1. The summed E-state index contributed by atoms with van der Waals surface area (Å²) in [5.41, 5.74) is 7.08. The van der Waals surface area contributed by atoms with Gasteiger partial charge in [0, 0.05) is 38.3 Å². The van der Waals surface area contributed by atoms with Gasteiger partial charge in [0.15, 0.2) is 0 Å². The van der Waals surface area contributed by atoms with Gasteiger partial charge in [-0.3, -0.25) is 10.1 Å². The lowest BCUT2D eigenvalue weighted by molar-refractivity contribution is -0.384. The van der Waals surface area contributed by atoms with Crippen LogP contribution < -0.4 is 16.0 Å². The Bertz CT molecular complexity index is 576. The maximum absolute atomic E-state index is 11.5. The Labute approximate surface area is 115 Å². The Morgan fingerprint density at radius 2 is 2.20 bits per heavy atom. The molecule has 0 spiro atoms. The van der Waals surface area contributed by atoms with Crippen molar-refractivity contribution in [1.82, 2.24) is 10.2 Å². The average molecular weight is 277 g/mol. The standard InChI is InChI=1S/C12H15N5O3/c13-10-5-8(17(19)20)1-2-11(10)15-3-4-16-9(7-15)6-14-12(16)18/h1-2,5,9H,3-4,6-7,13H2,(H,14,18). The van der Waals surface area contributed by atoms with E-state index in [1.54, 1.807) is 6.07 Å². The Balaban J connectivity index is 1.80. The molecule has 1 aromatic rings. The molecule has 20 heavy (non-hydrogen) atoms. The van der Waals surface area contributed by atoms with Crippen molar-refractivity contribution < 1.29 is 9.72 Å². The van der Waals surface area contributed by atoms with E-state index in [1.165, 1.54) is 12.1 Å². The lowest BCUT2D eigenvalue weighted by Crippen LogP contribution is -2.52. The van der Waals surface area contributed by atoms with E-state index in [2.05, 4.69) is 10.2 Å². The number of fused-ring (bicyclic) bond motifs is 1. The number of non-ortho nitro benzene ring substituents is 1. The first-order valence-corrected chi connectivity index (χ1v) is 6.39. The van der Waals surface area contributed by atoms with Crippen molar-refractivity contribution >= 4 is 23.1 Å². The summed E-state index contributed by atoms with van der Waals surface area (Å²) in [7, 11) is 0. The van der Waals surface area contributed by atoms with Crippen LogP contribution in [0.1, 0.15) is 0 Å². The van der Waals surface area contributed by atoms with Gasteiger partial charge in [0.2, 0.25) is 0 Å². The molecule has 106 valence electrons. The number of benzene rings is 1. The van der Waals surface area contributed by atoms with Gasteiger partial charge < -0.3 is 20.9 Å². The van der Waals surface area contributed by atoms with E-state index in [9.17, 15) is 14.9 Å². The number of hydrogen-bond donors (Lipinski definition) is 2. The van der Waals surface area contributed by atoms with Crippen molar-refractivity contribution in [2.45, 2.75) is 6.04 Å². The van der Waals surface area contributed by atoms with Crippen LogP contribution in [0, 0.1) is 10.1 Å². The fourth-order valence-corrected chi connectivity index (χ4v) is 2.77. The summed E-state index contributed by atoms with van der Waals surface area (Å²) in [6.07, 6.45) is 0. The first-order valence-electron chi connectivity index (χ1n) is 6.39. The van der Waals surface area contributed by atoms with Gasteiger partial charge >= 0.3 is 6.03 Å². The Morgan fingerprint density at radius 3 is 2.90 bits per heavy atom. The summed E-state index contributed by atoms with van der Waals surface area (Å²) in [5, 5.41) is 13.5. The number of urea groups is 1. The van der Waals surface area contributed by atoms with Crippen LogP contribution in [0.5, 0.6) is 0 Å². The van der Waals surface area contributed by atoms with Crippen LogP contribution in [0.15, 0.2) is 18.2 Å². The second-order valence-electron chi connectivity index (χ2n) is 4.98. The molecule has 8 nitrogen and oxygen atoms in total. The number of hydrogen-bond acceptors (Lipinski definition) is 5. The minimum Gasteiger partial charge on any atom is -0.397 e. The summed E-state index contributed by atoms with van der Waals surface area (Å²) < 4.78 is 0. The predicted octanol–water partition coefficient (Wildman–Crippen LogP) is 0.391. The number of amides is 2. The number of piperazine rings is 1. The van der Waals surface area contributed by atoms with Crippen LogP contribution in [0.3, 0.4) is 0 Å². The highest BCUT2D eigenvalue weighted by Gasteiger charge is 2.35. The van der Waals surface area contributed by atoms with Crippen molar-refractivity contribution in [2.24, 2.45) is 0 Å². The molecule has 0 aromatic heterocycles. The number of carbonyl (C=O) groups excluding carboxylic acids is 1. The third-order valence-electron chi connectivity index (χ3n) is 3.80. The summed E-state index contributed by atoms with van der Waals surface area (Å²) in [6, 6.07) is 4.61. The van der Waals surface area contributed by atoms with Gasteiger partial charge in [-0.2, -0.15) is 0 Å². The molecule has 2 amide bonds. The summed E-state index contributed by atoms with van der Waals surface area (Å²) >= 11 is 0. The minimum absolute atomic E-state index is 0.0115. The van der Waals surface area contributed by atoms with Gasteiger partial charge in [0.05, 0.1) is 22.3 Å². The molecule has 0 radical (unpaired) electrons. The minimum atomic E-state index is -0.461. The van der Waals surface area contributed by atoms with E-state index in [4.69, 9.17) is 5.73 Å². The van der Waals surface area contributed by atoms with E-state index < -0.39 is 4.92 Å². The highest BCUT2D eigenvalue weighted by Crippen LogP contribution is 2.29. The van der Waals surface area contributed by atoms with Crippen molar-refractivity contribution in [3.05, 3.63) is 28.3 Å². The molecule has 2 aliphatic rings. The zero-order chi connectivity index (χ0) is 14.3. The van der Waals surface area contributed by atoms with E-state index in [0.717, 1.165) is 5.69 Å². The molecule has 0 bridgehead atoms. The van der Waals surface area contributed by atoms with Gasteiger partial charge in [0.1, 0.15) is 0 Å². The number of carbonyl (C=O) groups is 1. The summed E-state index contributed by atoms with van der Waals surface area (Å²) in [4.78, 5) is 25.7. The Hall–Kier alpha value is -2.51. The topological polar surface area (TPSA) is 105 Å². The van der Waals surface area contributed by atoms with Crippen LogP contribution >= 0.6 is 0 Å². The molecule has 1 atom stereocenters. The molecule has 3 N–H and O–H groups in total. The molecule has 2 fully saturated rings. The molecule has 0 aliphatic carbocycles. The highest BCUT2D eigenvalue weighted by atomic mass is 16.6.